The largest absolute Gasteiger partial charge is 0.333 e. The third kappa shape index (κ3) is 5.25. The van der Waals surface area contributed by atoms with E-state index in [9.17, 15) is 9.59 Å². The minimum Gasteiger partial charge on any atom is -0.333 e. The summed E-state index contributed by atoms with van der Waals surface area (Å²) in [5.74, 6) is -0.547. The van der Waals surface area contributed by atoms with E-state index >= 15 is 0 Å². The standard InChI is InChI=1S/C19H19ClN2O2/c1-14-6-5-7-15(12-14)10-11-19(24)22(2)13-18(23)21-17-9-4-3-8-16(17)20/h3-12H,13H2,1-2H3,(H,21,23)/b11-10+. The molecule has 0 aliphatic carbocycles. The van der Waals surface area contributed by atoms with Gasteiger partial charge in [0.2, 0.25) is 11.8 Å². The van der Waals surface area contributed by atoms with Crippen molar-refractivity contribution >= 4 is 35.2 Å². The number of rotatable bonds is 5. The second kappa shape index (κ2) is 8.31. The fourth-order valence-electron chi connectivity index (χ4n) is 2.11. The summed E-state index contributed by atoms with van der Waals surface area (Å²) in [5, 5.41) is 3.15. The van der Waals surface area contributed by atoms with Crippen molar-refractivity contribution in [3.8, 4) is 0 Å². The molecule has 0 heterocycles. The lowest BCUT2D eigenvalue weighted by molar-refractivity contribution is -0.129. The van der Waals surface area contributed by atoms with Crippen LogP contribution >= 0.6 is 11.6 Å². The number of carbonyl (C=O) groups is 2. The summed E-state index contributed by atoms with van der Waals surface area (Å²) in [6, 6.07) is 14.8. The lowest BCUT2D eigenvalue weighted by atomic mass is 10.1. The first-order chi connectivity index (χ1) is 11.5. The van der Waals surface area contributed by atoms with Crippen molar-refractivity contribution in [1.82, 2.24) is 4.90 Å². The van der Waals surface area contributed by atoms with Crippen molar-refractivity contribution in [2.75, 3.05) is 18.9 Å². The van der Waals surface area contributed by atoms with Crippen LogP contribution in [0, 0.1) is 6.92 Å². The first-order valence-electron chi connectivity index (χ1n) is 7.50. The van der Waals surface area contributed by atoms with Gasteiger partial charge in [-0.25, -0.2) is 0 Å². The first-order valence-corrected chi connectivity index (χ1v) is 7.88. The zero-order chi connectivity index (χ0) is 17.5. The SMILES string of the molecule is Cc1cccc(/C=C/C(=O)N(C)CC(=O)Nc2ccccc2Cl)c1. The maximum absolute atomic E-state index is 12.1. The van der Waals surface area contributed by atoms with Crippen LogP contribution in [0.2, 0.25) is 5.02 Å². The molecule has 0 aromatic heterocycles. The number of likely N-dealkylation sites (N-methyl/N-ethyl adjacent to an activating group) is 1. The molecule has 2 aromatic carbocycles. The van der Waals surface area contributed by atoms with Gasteiger partial charge in [0.25, 0.3) is 0 Å². The van der Waals surface area contributed by atoms with Crippen LogP contribution in [0.1, 0.15) is 11.1 Å². The molecule has 0 aliphatic rings. The molecule has 24 heavy (non-hydrogen) atoms. The highest BCUT2D eigenvalue weighted by molar-refractivity contribution is 6.33. The Kier molecular flexibility index (Phi) is 6.15. The molecule has 0 fully saturated rings. The van der Waals surface area contributed by atoms with Gasteiger partial charge in [0.05, 0.1) is 17.3 Å². The molecule has 2 aromatic rings. The summed E-state index contributed by atoms with van der Waals surface area (Å²) in [6.45, 7) is 1.94. The van der Waals surface area contributed by atoms with E-state index in [1.54, 1.807) is 37.4 Å². The Bertz CT molecular complexity index is 771. The molecular weight excluding hydrogens is 324 g/mol. The number of nitrogens with one attached hydrogen (secondary N) is 1. The van der Waals surface area contributed by atoms with Crippen molar-refractivity contribution in [3.05, 3.63) is 70.8 Å². The van der Waals surface area contributed by atoms with E-state index < -0.39 is 0 Å². The van der Waals surface area contributed by atoms with Gasteiger partial charge in [-0.3, -0.25) is 9.59 Å². The van der Waals surface area contributed by atoms with Crippen molar-refractivity contribution in [2.24, 2.45) is 0 Å². The summed E-state index contributed by atoms with van der Waals surface area (Å²) in [7, 11) is 1.58. The van der Waals surface area contributed by atoms with Gasteiger partial charge >= 0.3 is 0 Å². The Balaban J connectivity index is 1.91. The van der Waals surface area contributed by atoms with Gasteiger partial charge in [0, 0.05) is 13.1 Å². The van der Waals surface area contributed by atoms with E-state index in [1.807, 2.05) is 31.2 Å². The highest BCUT2D eigenvalue weighted by atomic mass is 35.5. The van der Waals surface area contributed by atoms with Crippen molar-refractivity contribution < 1.29 is 9.59 Å². The average molecular weight is 343 g/mol. The third-order valence-electron chi connectivity index (χ3n) is 3.37. The molecule has 0 spiro atoms. The lowest BCUT2D eigenvalue weighted by Gasteiger charge is -2.15. The van der Waals surface area contributed by atoms with Crippen LogP contribution in [-0.4, -0.2) is 30.3 Å². The van der Waals surface area contributed by atoms with Crippen molar-refractivity contribution in [3.63, 3.8) is 0 Å². The number of hydrogen-bond donors (Lipinski definition) is 1. The number of carbonyl (C=O) groups excluding carboxylic acids is 2. The molecule has 2 rings (SSSR count). The van der Waals surface area contributed by atoms with Crippen LogP contribution in [-0.2, 0) is 9.59 Å². The van der Waals surface area contributed by atoms with E-state index in [-0.39, 0.29) is 18.4 Å². The highest BCUT2D eigenvalue weighted by Gasteiger charge is 2.11. The van der Waals surface area contributed by atoms with Gasteiger partial charge in [-0.05, 0) is 30.7 Å². The fourth-order valence-corrected chi connectivity index (χ4v) is 2.30. The topological polar surface area (TPSA) is 49.4 Å². The van der Waals surface area contributed by atoms with Crippen LogP contribution in [0.25, 0.3) is 6.08 Å². The minimum absolute atomic E-state index is 0.0534. The Morgan fingerprint density at radius 3 is 2.62 bits per heavy atom. The second-order valence-electron chi connectivity index (χ2n) is 5.47. The van der Waals surface area contributed by atoms with E-state index in [0.717, 1.165) is 11.1 Å². The predicted molar refractivity (Wildman–Crippen MR) is 97.9 cm³/mol. The molecule has 1 N–H and O–H groups in total. The summed E-state index contributed by atoms with van der Waals surface area (Å²) < 4.78 is 0. The minimum atomic E-state index is -0.303. The van der Waals surface area contributed by atoms with Gasteiger partial charge in [0.15, 0.2) is 0 Å². The number of hydrogen-bond acceptors (Lipinski definition) is 2. The molecule has 0 radical (unpaired) electrons. The van der Waals surface area contributed by atoms with Crippen molar-refractivity contribution in [2.45, 2.75) is 6.92 Å². The second-order valence-corrected chi connectivity index (χ2v) is 5.88. The zero-order valence-electron chi connectivity index (χ0n) is 13.6. The molecule has 0 saturated carbocycles. The van der Waals surface area contributed by atoms with Crippen LogP contribution in [0.15, 0.2) is 54.6 Å². The monoisotopic (exact) mass is 342 g/mol. The predicted octanol–water partition coefficient (Wildman–Crippen LogP) is 3.76. The normalized spacial score (nSPS) is 10.6. The molecular formula is C19H19ClN2O2. The third-order valence-corrected chi connectivity index (χ3v) is 3.70. The maximum atomic E-state index is 12.1. The average Bonchev–Trinajstić information content (AvgIpc) is 2.54. The molecule has 2 amide bonds. The van der Waals surface area contributed by atoms with Gasteiger partial charge < -0.3 is 10.2 Å². The Morgan fingerprint density at radius 1 is 1.17 bits per heavy atom. The zero-order valence-corrected chi connectivity index (χ0v) is 14.4. The molecule has 0 bridgehead atoms. The Labute approximate surface area is 146 Å². The van der Waals surface area contributed by atoms with Crippen LogP contribution in [0.4, 0.5) is 5.69 Å². The van der Waals surface area contributed by atoms with Crippen LogP contribution in [0.3, 0.4) is 0 Å². The summed E-state index contributed by atoms with van der Waals surface area (Å²) in [6.07, 6.45) is 3.19. The molecule has 124 valence electrons. The number of amides is 2. The van der Waals surface area contributed by atoms with Gasteiger partial charge in [-0.1, -0.05) is 53.6 Å². The molecule has 0 unspecified atom stereocenters. The smallest absolute Gasteiger partial charge is 0.246 e. The first kappa shape index (κ1) is 17.8. The Morgan fingerprint density at radius 2 is 1.92 bits per heavy atom. The Hall–Kier alpha value is -2.59. The lowest BCUT2D eigenvalue weighted by Crippen LogP contribution is -2.33. The van der Waals surface area contributed by atoms with Gasteiger partial charge in [0.1, 0.15) is 0 Å². The number of aryl methyl sites for hydroxylation is 1. The van der Waals surface area contributed by atoms with Crippen LogP contribution in [0.5, 0.6) is 0 Å². The molecule has 0 saturated heterocycles. The number of benzene rings is 2. The number of anilines is 1. The molecule has 4 nitrogen and oxygen atoms in total. The van der Waals surface area contributed by atoms with E-state index in [1.165, 1.54) is 11.0 Å². The maximum Gasteiger partial charge on any atom is 0.246 e. The molecule has 5 heteroatoms. The molecule has 0 atom stereocenters. The highest BCUT2D eigenvalue weighted by Crippen LogP contribution is 2.20. The summed E-state index contributed by atoms with van der Waals surface area (Å²) >= 11 is 5.99. The van der Waals surface area contributed by atoms with E-state index in [2.05, 4.69) is 5.32 Å². The summed E-state index contributed by atoms with van der Waals surface area (Å²) in [5.41, 5.74) is 2.59. The van der Waals surface area contributed by atoms with Crippen molar-refractivity contribution in [1.29, 1.82) is 0 Å². The quantitative estimate of drug-likeness (QED) is 0.841. The van der Waals surface area contributed by atoms with Crippen LogP contribution < -0.4 is 5.32 Å². The van der Waals surface area contributed by atoms with Gasteiger partial charge in [-0.2, -0.15) is 0 Å². The number of nitrogens with zero attached hydrogens (tertiary/aromatic N) is 1. The number of para-hydroxylation sites is 1. The fraction of sp³-hybridized carbons (Fsp3) is 0.158. The van der Waals surface area contributed by atoms with Gasteiger partial charge in [-0.15, -0.1) is 0 Å². The summed E-state index contributed by atoms with van der Waals surface area (Å²) in [4.78, 5) is 25.4. The van der Waals surface area contributed by atoms with E-state index in [4.69, 9.17) is 11.6 Å². The molecule has 0 aliphatic heterocycles. The van der Waals surface area contributed by atoms with E-state index in [0.29, 0.717) is 10.7 Å². The number of halogens is 1.